The van der Waals surface area contributed by atoms with Crippen molar-refractivity contribution in [2.45, 2.75) is 6.42 Å². The second kappa shape index (κ2) is 7.30. The molecule has 0 fully saturated rings. The van der Waals surface area contributed by atoms with Gasteiger partial charge in [0.15, 0.2) is 17.3 Å². The molecule has 0 aliphatic rings. The fourth-order valence-electron chi connectivity index (χ4n) is 2.94. The molecule has 4 aromatic rings. The summed E-state index contributed by atoms with van der Waals surface area (Å²) in [6.45, 7) is 0. The molecule has 0 saturated carbocycles. The van der Waals surface area contributed by atoms with Crippen molar-refractivity contribution in [3.8, 4) is 22.9 Å². The highest BCUT2D eigenvalue weighted by Crippen LogP contribution is 2.30. The highest BCUT2D eigenvalue weighted by atomic mass is 19.1. The quantitative estimate of drug-likeness (QED) is 0.534. The fourth-order valence-corrected chi connectivity index (χ4v) is 2.94. The number of nitrogens with zero attached hydrogens (tertiary/aromatic N) is 3. The summed E-state index contributed by atoms with van der Waals surface area (Å²) in [5.74, 6) is 0.248. The van der Waals surface area contributed by atoms with Gasteiger partial charge in [0, 0.05) is 17.7 Å². The average molecular weight is 399 g/mol. The van der Waals surface area contributed by atoms with E-state index in [1.165, 1.54) is 14.2 Å². The first-order chi connectivity index (χ1) is 14.0. The first-order valence-corrected chi connectivity index (χ1v) is 8.49. The summed E-state index contributed by atoms with van der Waals surface area (Å²) in [4.78, 5) is 23.8. The number of aromatic nitrogens is 5. The Bertz CT molecular complexity index is 1250. The zero-order valence-corrected chi connectivity index (χ0v) is 15.4. The third kappa shape index (κ3) is 3.64. The van der Waals surface area contributed by atoms with Gasteiger partial charge in [0.05, 0.1) is 31.5 Å². The monoisotopic (exact) mass is 399 g/mol. The van der Waals surface area contributed by atoms with E-state index in [0.717, 1.165) is 18.2 Å². The van der Waals surface area contributed by atoms with E-state index in [1.807, 2.05) is 0 Å². The zero-order valence-electron chi connectivity index (χ0n) is 15.4. The van der Waals surface area contributed by atoms with Crippen LogP contribution in [0.2, 0.25) is 0 Å². The van der Waals surface area contributed by atoms with Crippen molar-refractivity contribution in [2.24, 2.45) is 0 Å². The van der Waals surface area contributed by atoms with Crippen LogP contribution in [0, 0.1) is 11.6 Å². The van der Waals surface area contributed by atoms with Gasteiger partial charge in [0.1, 0.15) is 23.3 Å². The van der Waals surface area contributed by atoms with Crippen molar-refractivity contribution in [1.82, 2.24) is 25.1 Å². The number of aromatic amines is 2. The summed E-state index contributed by atoms with van der Waals surface area (Å²) in [5.41, 5.74) is 0.271. The molecule has 2 aromatic carbocycles. The molecule has 0 saturated heterocycles. The molecule has 0 aliphatic heterocycles. The highest BCUT2D eigenvalue weighted by Gasteiger charge is 2.13. The third-order valence-corrected chi connectivity index (χ3v) is 4.25. The smallest absolute Gasteiger partial charge is 0.258 e. The Morgan fingerprint density at radius 3 is 2.31 bits per heavy atom. The molecule has 10 heteroatoms. The van der Waals surface area contributed by atoms with Gasteiger partial charge in [0.25, 0.3) is 5.56 Å². The number of nitrogens with one attached hydrogen (secondary N) is 2. The molecule has 0 aliphatic carbocycles. The number of hydrogen-bond acceptors (Lipinski definition) is 6. The second-order valence-corrected chi connectivity index (χ2v) is 6.18. The van der Waals surface area contributed by atoms with Gasteiger partial charge >= 0.3 is 0 Å². The molecule has 0 unspecified atom stereocenters. The number of halogens is 2. The number of H-pyrrole nitrogens is 2. The van der Waals surface area contributed by atoms with Crippen LogP contribution in [-0.2, 0) is 6.42 Å². The van der Waals surface area contributed by atoms with Crippen LogP contribution >= 0.6 is 0 Å². The van der Waals surface area contributed by atoms with Crippen LogP contribution in [-0.4, -0.2) is 39.4 Å². The highest BCUT2D eigenvalue weighted by molar-refractivity contribution is 5.81. The standard InChI is InChI=1S/C19H15F2N5O3/c1-28-14-6-12-13(7-15(14)29-2)22-16(24-19(12)27)8-17-23-18(26-25-17)9-3-10(20)5-11(21)4-9/h3-7H,8H2,1-2H3,(H,22,24,27)(H,23,25,26). The normalized spacial score (nSPS) is 11.0. The Morgan fingerprint density at radius 2 is 1.62 bits per heavy atom. The molecule has 8 nitrogen and oxygen atoms in total. The van der Waals surface area contributed by atoms with E-state index in [4.69, 9.17) is 9.47 Å². The Kier molecular flexibility index (Phi) is 4.67. The molecule has 0 spiro atoms. The first-order valence-electron chi connectivity index (χ1n) is 8.49. The Balaban J connectivity index is 1.68. The van der Waals surface area contributed by atoms with E-state index in [1.54, 1.807) is 12.1 Å². The van der Waals surface area contributed by atoms with Crippen LogP contribution in [0.25, 0.3) is 22.3 Å². The molecular weight excluding hydrogens is 384 g/mol. The predicted octanol–water partition coefficient (Wildman–Crippen LogP) is 2.59. The lowest BCUT2D eigenvalue weighted by atomic mass is 10.2. The maximum absolute atomic E-state index is 13.4. The summed E-state index contributed by atoms with van der Waals surface area (Å²) in [6, 6.07) is 6.19. The van der Waals surface area contributed by atoms with E-state index in [0.29, 0.717) is 34.1 Å². The molecule has 0 bridgehead atoms. The van der Waals surface area contributed by atoms with Crippen LogP contribution < -0.4 is 15.0 Å². The number of fused-ring (bicyclic) bond motifs is 1. The number of benzene rings is 2. The molecule has 2 N–H and O–H groups in total. The summed E-state index contributed by atoms with van der Waals surface area (Å²) in [6.07, 6.45) is 0.129. The van der Waals surface area contributed by atoms with Crippen molar-refractivity contribution in [1.29, 1.82) is 0 Å². The summed E-state index contributed by atoms with van der Waals surface area (Å²) < 4.78 is 37.3. The van der Waals surface area contributed by atoms with E-state index in [9.17, 15) is 13.6 Å². The largest absolute Gasteiger partial charge is 0.493 e. The van der Waals surface area contributed by atoms with Crippen LogP contribution in [0.3, 0.4) is 0 Å². The van der Waals surface area contributed by atoms with Gasteiger partial charge in [-0.3, -0.25) is 9.89 Å². The van der Waals surface area contributed by atoms with Gasteiger partial charge < -0.3 is 14.5 Å². The van der Waals surface area contributed by atoms with Crippen molar-refractivity contribution in [3.05, 3.63) is 64.0 Å². The van der Waals surface area contributed by atoms with Crippen molar-refractivity contribution >= 4 is 10.9 Å². The maximum atomic E-state index is 13.4. The maximum Gasteiger partial charge on any atom is 0.258 e. The topological polar surface area (TPSA) is 106 Å². The van der Waals surface area contributed by atoms with Gasteiger partial charge in [-0.25, -0.2) is 18.7 Å². The lowest BCUT2D eigenvalue weighted by Crippen LogP contribution is -2.13. The number of rotatable bonds is 5. The van der Waals surface area contributed by atoms with Gasteiger partial charge in [-0.2, -0.15) is 5.10 Å². The number of hydrogen-bond donors (Lipinski definition) is 2. The summed E-state index contributed by atoms with van der Waals surface area (Å²) in [5, 5.41) is 7.01. The average Bonchev–Trinajstić information content (AvgIpc) is 3.15. The molecule has 148 valence electrons. The molecule has 0 radical (unpaired) electrons. The van der Waals surface area contributed by atoms with Crippen LogP contribution in [0.15, 0.2) is 35.1 Å². The molecule has 29 heavy (non-hydrogen) atoms. The Morgan fingerprint density at radius 1 is 0.931 bits per heavy atom. The minimum Gasteiger partial charge on any atom is -0.493 e. The SMILES string of the molecule is COc1cc2nc(Cc3nc(-c4cc(F)cc(F)c4)n[nH]3)[nH]c(=O)c2cc1OC. The van der Waals surface area contributed by atoms with Gasteiger partial charge in [-0.05, 0) is 18.2 Å². The summed E-state index contributed by atoms with van der Waals surface area (Å²) >= 11 is 0. The minimum atomic E-state index is -0.726. The van der Waals surface area contributed by atoms with Crippen LogP contribution in [0.4, 0.5) is 8.78 Å². The fraction of sp³-hybridized carbons (Fsp3) is 0.158. The lowest BCUT2D eigenvalue weighted by molar-refractivity contribution is 0.355. The summed E-state index contributed by atoms with van der Waals surface area (Å²) in [7, 11) is 2.97. The molecule has 2 heterocycles. The number of methoxy groups -OCH3 is 2. The van der Waals surface area contributed by atoms with Crippen molar-refractivity contribution in [2.75, 3.05) is 14.2 Å². The Labute approximate surface area is 162 Å². The third-order valence-electron chi connectivity index (χ3n) is 4.25. The first kappa shape index (κ1) is 18.5. The van der Waals surface area contributed by atoms with Gasteiger partial charge in [-0.15, -0.1) is 0 Å². The van der Waals surface area contributed by atoms with E-state index in [-0.39, 0.29) is 23.4 Å². The zero-order chi connectivity index (χ0) is 20.5. The minimum absolute atomic E-state index is 0.129. The number of ether oxygens (including phenoxy) is 2. The van der Waals surface area contributed by atoms with E-state index < -0.39 is 11.6 Å². The van der Waals surface area contributed by atoms with Gasteiger partial charge in [-0.1, -0.05) is 0 Å². The van der Waals surface area contributed by atoms with E-state index >= 15 is 0 Å². The predicted molar refractivity (Wildman–Crippen MR) is 100 cm³/mol. The van der Waals surface area contributed by atoms with Gasteiger partial charge in [0.2, 0.25) is 0 Å². The molecule has 0 atom stereocenters. The van der Waals surface area contributed by atoms with Crippen LogP contribution in [0.1, 0.15) is 11.6 Å². The van der Waals surface area contributed by atoms with E-state index in [2.05, 4.69) is 25.1 Å². The van der Waals surface area contributed by atoms with Crippen molar-refractivity contribution < 1.29 is 18.3 Å². The Hall–Kier alpha value is -3.82. The van der Waals surface area contributed by atoms with Crippen molar-refractivity contribution in [3.63, 3.8) is 0 Å². The molecule has 0 amide bonds. The molecule has 4 rings (SSSR count). The molecular formula is C19H15F2N5O3. The van der Waals surface area contributed by atoms with Crippen LogP contribution in [0.5, 0.6) is 11.5 Å². The molecule has 2 aromatic heterocycles. The second-order valence-electron chi connectivity index (χ2n) is 6.18. The lowest BCUT2D eigenvalue weighted by Gasteiger charge is -2.09.